The molecule has 0 bridgehead atoms. The zero-order valence-corrected chi connectivity index (χ0v) is 16.2. The first-order valence-corrected chi connectivity index (χ1v) is 8.79. The maximum absolute atomic E-state index is 6.08. The molecule has 2 aromatic carbocycles. The van der Waals surface area contributed by atoms with E-state index in [9.17, 15) is 0 Å². The van der Waals surface area contributed by atoms with Crippen LogP contribution in [0.3, 0.4) is 0 Å². The Bertz CT molecular complexity index is 674. The third-order valence-electron chi connectivity index (χ3n) is 5.50. The molecule has 1 aliphatic heterocycles. The Labute approximate surface area is 157 Å². The molecule has 25 heavy (non-hydrogen) atoms. The lowest BCUT2D eigenvalue weighted by Crippen LogP contribution is -2.55. The molecule has 136 valence electrons. The van der Waals surface area contributed by atoms with Crippen molar-refractivity contribution in [2.24, 2.45) is 0 Å². The second-order valence-corrected chi connectivity index (χ2v) is 6.75. The molecule has 3 rings (SSSR count). The van der Waals surface area contributed by atoms with Crippen molar-refractivity contribution < 1.29 is 14.2 Å². The maximum Gasteiger partial charge on any atom is 0.120 e. The lowest BCUT2D eigenvalue weighted by molar-refractivity contribution is -1.12. The minimum absolute atomic E-state index is 0. The second-order valence-electron chi connectivity index (χ2n) is 6.75. The van der Waals surface area contributed by atoms with Crippen LogP contribution in [-0.4, -0.2) is 38.0 Å². The summed E-state index contributed by atoms with van der Waals surface area (Å²) >= 11 is 0. The minimum atomic E-state index is 0. The van der Waals surface area contributed by atoms with Gasteiger partial charge in [-0.25, -0.2) is 4.84 Å². The van der Waals surface area contributed by atoms with Crippen LogP contribution in [0.5, 0.6) is 5.75 Å². The summed E-state index contributed by atoms with van der Waals surface area (Å²) in [5.74, 6) is 0.910. The smallest absolute Gasteiger partial charge is 0.120 e. The SMILES string of the molecule is COc1ccc(CC[N+]2(OC)CCc3ccccc3CC2C)cc1.Cl. The highest BCUT2D eigenvalue weighted by molar-refractivity contribution is 5.85. The Kier molecular flexibility index (Phi) is 6.88. The lowest BCUT2D eigenvalue weighted by atomic mass is 10.0. The third kappa shape index (κ3) is 4.35. The maximum atomic E-state index is 6.08. The number of benzene rings is 2. The van der Waals surface area contributed by atoms with Crippen molar-refractivity contribution in [2.75, 3.05) is 27.3 Å². The molecule has 2 unspecified atom stereocenters. The van der Waals surface area contributed by atoms with Gasteiger partial charge in [-0.3, -0.25) is 0 Å². The highest BCUT2D eigenvalue weighted by Gasteiger charge is 2.37. The Balaban J connectivity index is 0.00000225. The van der Waals surface area contributed by atoms with Gasteiger partial charge in [0.05, 0.1) is 14.2 Å². The number of ether oxygens (including phenoxy) is 1. The summed E-state index contributed by atoms with van der Waals surface area (Å²) in [6, 6.07) is 17.7. The molecule has 1 heterocycles. The van der Waals surface area contributed by atoms with E-state index in [1.54, 1.807) is 7.11 Å². The molecule has 4 heteroatoms. The van der Waals surface area contributed by atoms with E-state index in [0.29, 0.717) is 6.04 Å². The van der Waals surface area contributed by atoms with Gasteiger partial charge >= 0.3 is 0 Å². The predicted molar refractivity (Wildman–Crippen MR) is 104 cm³/mol. The summed E-state index contributed by atoms with van der Waals surface area (Å²) in [6.07, 6.45) is 3.17. The minimum Gasteiger partial charge on any atom is -0.497 e. The fourth-order valence-corrected chi connectivity index (χ4v) is 3.82. The van der Waals surface area contributed by atoms with Crippen molar-refractivity contribution in [2.45, 2.75) is 32.2 Å². The molecule has 0 radical (unpaired) electrons. The van der Waals surface area contributed by atoms with Crippen LogP contribution in [0.2, 0.25) is 0 Å². The highest BCUT2D eigenvalue weighted by Crippen LogP contribution is 2.27. The lowest BCUT2D eigenvalue weighted by Gasteiger charge is -2.38. The van der Waals surface area contributed by atoms with Gasteiger partial charge in [0, 0.05) is 19.3 Å². The van der Waals surface area contributed by atoms with Crippen LogP contribution >= 0.6 is 12.4 Å². The molecular formula is C21H29ClNO2+. The number of nitrogens with zero attached hydrogens (tertiary/aromatic N) is 1. The quantitative estimate of drug-likeness (QED) is 0.741. The molecule has 1 aliphatic rings. The molecule has 0 spiro atoms. The summed E-state index contributed by atoms with van der Waals surface area (Å²) in [6.45, 7) is 4.35. The van der Waals surface area contributed by atoms with E-state index in [0.717, 1.165) is 42.7 Å². The molecule has 3 nitrogen and oxygen atoms in total. The Morgan fingerprint density at radius 3 is 2.32 bits per heavy atom. The van der Waals surface area contributed by atoms with Crippen LogP contribution in [0.25, 0.3) is 0 Å². The number of rotatable bonds is 5. The Morgan fingerprint density at radius 1 is 1.00 bits per heavy atom. The van der Waals surface area contributed by atoms with Crippen LogP contribution in [0.4, 0.5) is 0 Å². The van der Waals surface area contributed by atoms with Gasteiger partial charge in [0.25, 0.3) is 0 Å². The van der Waals surface area contributed by atoms with Gasteiger partial charge < -0.3 is 4.74 Å². The van der Waals surface area contributed by atoms with Crippen molar-refractivity contribution in [3.05, 3.63) is 65.2 Å². The normalized spacial score (nSPS) is 22.4. The molecular weight excluding hydrogens is 334 g/mol. The molecule has 0 N–H and O–H groups in total. The van der Waals surface area contributed by atoms with E-state index >= 15 is 0 Å². The van der Waals surface area contributed by atoms with Crippen molar-refractivity contribution in [1.29, 1.82) is 0 Å². The van der Waals surface area contributed by atoms with Crippen LogP contribution in [-0.2, 0) is 24.1 Å². The summed E-state index contributed by atoms with van der Waals surface area (Å²) in [5, 5.41) is 0. The molecule has 0 aromatic heterocycles. The van der Waals surface area contributed by atoms with Crippen LogP contribution in [0, 0.1) is 0 Å². The third-order valence-corrected chi connectivity index (χ3v) is 5.50. The van der Waals surface area contributed by atoms with Crippen LogP contribution < -0.4 is 4.74 Å². The summed E-state index contributed by atoms with van der Waals surface area (Å²) < 4.78 is 5.97. The second kappa shape index (κ2) is 8.70. The molecule has 0 saturated carbocycles. The zero-order valence-electron chi connectivity index (χ0n) is 15.4. The first kappa shape index (κ1) is 19.8. The summed E-state index contributed by atoms with van der Waals surface area (Å²) in [4.78, 5) is 6.08. The number of hydrogen-bond donors (Lipinski definition) is 0. The van der Waals surface area contributed by atoms with Gasteiger partial charge in [-0.1, -0.05) is 36.4 Å². The van der Waals surface area contributed by atoms with E-state index in [-0.39, 0.29) is 12.4 Å². The molecule has 0 fully saturated rings. The number of quaternary nitrogens is 1. The molecule has 2 atom stereocenters. The van der Waals surface area contributed by atoms with E-state index in [1.807, 2.05) is 19.2 Å². The fraction of sp³-hybridized carbons (Fsp3) is 0.429. The summed E-state index contributed by atoms with van der Waals surface area (Å²) in [5.41, 5.74) is 4.29. The van der Waals surface area contributed by atoms with Gasteiger partial charge in [-0.2, -0.15) is 4.65 Å². The van der Waals surface area contributed by atoms with E-state index < -0.39 is 0 Å². The van der Waals surface area contributed by atoms with Crippen LogP contribution in [0.1, 0.15) is 23.6 Å². The molecule has 0 aliphatic carbocycles. The summed E-state index contributed by atoms with van der Waals surface area (Å²) in [7, 11) is 3.57. The zero-order chi connectivity index (χ0) is 17.0. The Hall–Kier alpha value is -1.55. The monoisotopic (exact) mass is 362 g/mol. The fourth-order valence-electron chi connectivity index (χ4n) is 3.82. The number of methoxy groups -OCH3 is 1. The Morgan fingerprint density at radius 2 is 1.68 bits per heavy atom. The van der Waals surface area contributed by atoms with E-state index in [4.69, 9.17) is 9.57 Å². The average Bonchev–Trinajstić information content (AvgIpc) is 2.77. The van der Waals surface area contributed by atoms with Gasteiger partial charge in [0.2, 0.25) is 0 Å². The van der Waals surface area contributed by atoms with Gasteiger partial charge in [-0.05, 0) is 35.7 Å². The average molecular weight is 363 g/mol. The molecule has 0 saturated heterocycles. The number of fused-ring (bicyclic) bond motifs is 1. The first-order valence-electron chi connectivity index (χ1n) is 8.79. The number of hydrogen-bond acceptors (Lipinski definition) is 2. The van der Waals surface area contributed by atoms with Gasteiger partial charge in [0.15, 0.2) is 0 Å². The standard InChI is InChI=1S/C21H28NO2.ClH/c1-17-16-20-7-5-4-6-19(20)13-15-22(17,24-3)14-12-18-8-10-21(23-2)11-9-18;/h4-11,17H,12-16H2,1-3H3;1H/q+1;. The van der Waals surface area contributed by atoms with Crippen molar-refractivity contribution in [3.8, 4) is 5.75 Å². The van der Waals surface area contributed by atoms with Gasteiger partial charge in [0.1, 0.15) is 24.9 Å². The van der Waals surface area contributed by atoms with E-state index in [1.165, 1.54) is 16.7 Å². The topological polar surface area (TPSA) is 18.5 Å². The van der Waals surface area contributed by atoms with Crippen molar-refractivity contribution >= 4 is 12.4 Å². The molecule has 0 amide bonds. The first-order chi connectivity index (χ1) is 11.7. The molecule has 2 aromatic rings. The number of halogens is 1. The predicted octanol–water partition coefficient (Wildman–Crippen LogP) is 4.23. The number of hydroxylamine groups is 3. The highest BCUT2D eigenvalue weighted by atomic mass is 35.5. The van der Waals surface area contributed by atoms with Crippen LogP contribution in [0.15, 0.2) is 48.5 Å². The van der Waals surface area contributed by atoms with Gasteiger partial charge in [-0.15, -0.1) is 12.4 Å². The van der Waals surface area contributed by atoms with Crippen molar-refractivity contribution in [1.82, 2.24) is 0 Å². The largest absolute Gasteiger partial charge is 0.497 e. The van der Waals surface area contributed by atoms with Crippen molar-refractivity contribution in [3.63, 3.8) is 0 Å². The van der Waals surface area contributed by atoms with E-state index in [2.05, 4.69) is 43.3 Å².